The highest BCUT2D eigenvalue weighted by atomic mass is 16.5. The van der Waals surface area contributed by atoms with Crippen LogP contribution < -0.4 is 10.1 Å². The normalized spacial score (nSPS) is 12.1. The van der Waals surface area contributed by atoms with E-state index in [0.29, 0.717) is 12.3 Å². The molecule has 2 aromatic rings. The van der Waals surface area contributed by atoms with E-state index < -0.39 is 0 Å². The molecule has 1 atom stereocenters. The SMILES string of the molecule is COc1cc(C=CC(=O)NC[C@@H](OC)c2ccc(O)cc2)ccc1O. The number of phenolic OH excluding ortho intramolecular Hbond substituents is 2. The molecule has 6 nitrogen and oxygen atoms in total. The largest absolute Gasteiger partial charge is 0.508 e. The van der Waals surface area contributed by atoms with E-state index in [1.165, 1.54) is 19.3 Å². The maximum Gasteiger partial charge on any atom is 0.244 e. The number of hydrogen-bond acceptors (Lipinski definition) is 5. The summed E-state index contributed by atoms with van der Waals surface area (Å²) in [6.07, 6.45) is 2.71. The fraction of sp³-hybridized carbons (Fsp3) is 0.211. The summed E-state index contributed by atoms with van der Waals surface area (Å²) in [6.45, 7) is 0.295. The van der Waals surface area contributed by atoms with Crippen molar-refractivity contribution in [3.05, 3.63) is 59.7 Å². The van der Waals surface area contributed by atoms with Crippen molar-refractivity contribution in [2.75, 3.05) is 20.8 Å². The highest BCUT2D eigenvalue weighted by Gasteiger charge is 2.11. The van der Waals surface area contributed by atoms with Crippen LogP contribution in [0.5, 0.6) is 17.2 Å². The average Bonchev–Trinajstić information content (AvgIpc) is 2.63. The van der Waals surface area contributed by atoms with Gasteiger partial charge in [0.15, 0.2) is 11.5 Å². The number of amides is 1. The molecule has 0 aliphatic carbocycles. The van der Waals surface area contributed by atoms with Crippen LogP contribution in [0.15, 0.2) is 48.5 Å². The summed E-state index contributed by atoms with van der Waals surface area (Å²) >= 11 is 0. The summed E-state index contributed by atoms with van der Waals surface area (Å²) in [6, 6.07) is 11.4. The molecule has 0 saturated carbocycles. The number of phenols is 2. The summed E-state index contributed by atoms with van der Waals surface area (Å²) in [4.78, 5) is 12.0. The first-order chi connectivity index (χ1) is 12.0. The Kier molecular flexibility index (Phi) is 6.42. The summed E-state index contributed by atoms with van der Waals surface area (Å²) in [7, 11) is 3.02. The van der Waals surface area contributed by atoms with Gasteiger partial charge in [-0.1, -0.05) is 18.2 Å². The molecule has 1 amide bonds. The quantitative estimate of drug-likeness (QED) is 0.673. The van der Waals surface area contributed by atoms with Gasteiger partial charge in [0, 0.05) is 19.7 Å². The first kappa shape index (κ1) is 18.4. The van der Waals surface area contributed by atoms with Crippen molar-refractivity contribution in [3.63, 3.8) is 0 Å². The molecule has 3 N–H and O–H groups in total. The molecule has 0 aromatic heterocycles. The molecule has 25 heavy (non-hydrogen) atoms. The maximum atomic E-state index is 12.0. The van der Waals surface area contributed by atoms with Crippen LogP contribution in [0.2, 0.25) is 0 Å². The smallest absolute Gasteiger partial charge is 0.244 e. The second-order valence-corrected chi connectivity index (χ2v) is 5.33. The molecule has 0 aliphatic heterocycles. The monoisotopic (exact) mass is 343 g/mol. The highest BCUT2D eigenvalue weighted by molar-refractivity contribution is 5.91. The molecule has 0 spiro atoms. The molecule has 0 aliphatic rings. The Morgan fingerprint density at radius 3 is 2.52 bits per heavy atom. The van der Waals surface area contributed by atoms with E-state index in [0.717, 1.165) is 11.1 Å². The predicted molar refractivity (Wildman–Crippen MR) is 94.6 cm³/mol. The Morgan fingerprint density at radius 1 is 1.16 bits per heavy atom. The van der Waals surface area contributed by atoms with E-state index in [2.05, 4.69) is 5.32 Å². The molecule has 0 unspecified atom stereocenters. The number of hydrogen-bond donors (Lipinski definition) is 3. The van der Waals surface area contributed by atoms with Crippen LogP contribution in [0.25, 0.3) is 6.08 Å². The minimum absolute atomic E-state index is 0.0425. The Bertz CT molecular complexity index is 740. The zero-order valence-electron chi connectivity index (χ0n) is 14.1. The van der Waals surface area contributed by atoms with E-state index in [4.69, 9.17) is 9.47 Å². The van der Waals surface area contributed by atoms with E-state index in [1.807, 2.05) is 0 Å². The number of nitrogens with one attached hydrogen (secondary N) is 1. The van der Waals surface area contributed by atoms with Gasteiger partial charge in [0.25, 0.3) is 0 Å². The third kappa shape index (κ3) is 5.26. The Balaban J connectivity index is 1.94. The van der Waals surface area contributed by atoms with Gasteiger partial charge in [-0.3, -0.25) is 4.79 Å². The number of rotatable bonds is 7. The van der Waals surface area contributed by atoms with Crippen molar-refractivity contribution in [2.24, 2.45) is 0 Å². The lowest BCUT2D eigenvalue weighted by Gasteiger charge is -2.16. The van der Waals surface area contributed by atoms with Crippen LogP contribution in [-0.2, 0) is 9.53 Å². The van der Waals surface area contributed by atoms with Crippen LogP contribution in [0, 0.1) is 0 Å². The third-order valence-electron chi connectivity index (χ3n) is 3.64. The van der Waals surface area contributed by atoms with Gasteiger partial charge in [-0.05, 0) is 41.5 Å². The Labute approximate surface area is 146 Å². The van der Waals surface area contributed by atoms with E-state index in [-0.39, 0.29) is 23.5 Å². The minimum atomic E-state index is -0.313. The lowest BCUT2D eigenvalue weighted by molar-refractivity contribution is -0.117. The molecule has 6 heteroatoms. The number of carbonyl (C=O) groups is 1. The fourth-order valence-corrected chi connectivity index (χ4v) is 2.25. The summed E-state index contributed by atoms with van der Waals surface area (Å²) < 4.78 is 10.4. The zero-order valence-corrected chi connectivity index (χ0v) is 14.1. The molecule has 2 aromatic carbocycles. The van der Waals surface area contributed by atoms with Gasteiger partial charge in [-0.25, -0.2) is 0 Å². The van der Waals surface area contributed by atoms with E-state index in [9.17, 15) is 15.0 Å². The second kappa shape index (κ2) is 8.75. The summed E-state index contributed by atoms with van der Waals surface area (Å²) in [5, 5.41) is 21.6. The zero-order chi connectivity index (χ0) is 18.2. The van der Waals surface area contributed by atoms with Crippen LogP contribution in [-0.4, -0.2) is 36.9 Å². The van der Waals surface area contributed by atoms with Crippen molar-refractivity contribution in [3.8, 4) is 17.2 Å². The van der Waals surface area contributed by atoms with Crippen LogP contribution in [0.3, 0.4) is 0 Å². The lowest BCUT2D eigenvalue weighted by atomic mass is 10.1. The third-order valence-corrected chi connectivity index (χ3v) is 3.64. The van der Waals surface area contributed by atoms with Gasteiger partial charge in [-0.2, -0.15) is 0 Å². The Hall–Kier alpha value is -2.99. The predicted octanol–water partition coefficient (Wildman–Crippen LogP) is 2.62. The van der Waals surface area contributed by atoms with Gasteiger partial charge >= 0.3 is 0 Å². The van der Waals surface area contributed by atoms with Crippen LogP contribution in [0.4, 0.5) is 0 Å². The minimum Gasteiger partial charge on any atom is -0.508 e. The first-order valence-corrected chi connectivity index (χ1v) is 7.68. The van der Waals surface area contributed by atoms with Crippen molar-refractivity contribution in [2.45, 2.75) is 6.10 Å². The fourth-order valence-electron chi connectivity index (χ4n) is 2.25. The summed E-state index contributed by atoms with van der Waals surface area (Å²) in [5.41, 5.74) is 1.58. The average molecular weight is 343 g/mol. The lowest BCUT2D eigenvalue weighted by Crippen LogP contribution is -2.27. The highest BCUT2D eigenvalue weighted by Crippen LogP contribution is 2.26. The maximum absolute atomic E-state index is 12.0. The van der Waals surface area contributed by atoms with Gasteiger partial charge in [-0.15, -0.1) is 0 Å². The molecule has 2 rings (SSSR count). The molecular formula is C19H21NO5. The van der Waals surface area contributed by atoms with Gasteiger partial charge < -0.3 is 25.0 Å². The molecule has 0 saturated heterocycles. The van der Waals surface area contributed by atoms with Crippen molar-refractivity contribution in [1.29, 1.82) is 0 Å². The molecule has 0 bridgehead atoms. The standard InChI is InChI=1S/C19H21NO5/c1-24-17-11-13(3-9-16(17)22)4-10-19(23)20-12-18(25-2)14-5-7-15(21)8-6-14/h3-11,18,21-22H,12H2,1-2H3,(H,20,23)/t18-/m1/s1. The van der Waals surface area contributed by atoms with Crippen molar-refractivity contribution in [1.82, 2.24) is 5.32 Å². The number of methoxy groups -OCH3 is 2. The van der Waals surface area contributed by atoms with Crippen molar-refractivity contribution < 1.29 is 24.5 Å². The number of carbonyl (C=O) groups excluding carboxylic acids is 1. The molecule has 132 valence electrons. The number of ether oxygens (including phenoxy) is 2. The second-order valence-electron chi connectivity index (χ2n) is 5.33. The number of aromatic hydroxyl groups is 2. The van der Waals surface area contributed by atoms with E-state index >= 15 is 0 Å². The molecule has 0 heterocycles. The van der Waals surface area contributed by atoms with E-state index in [1.54, 1.807) is 49.6 Å². The van der Waals surface area contributed by atoms with Crippen molar-refractivity contribution >= 4 is 12.0 Å². The Morgan fingerprint density at radius 2 is 1.88 bits per heavy atom. The number of benzene rings is 2. The topological polar surface area (TPSA) is 88.0 Å². The van der Waals surface area contributed by atoms with Gasteiger partial charge in [0.1, 0.15) is 5.75 Å². The molecular weight excluding hydrogens is 322 g/mol. The molecule has 0 fully saturated rings. The summed E-state index contributed by atoms with van der Waals surface area (Å²) in [5.74, 6) is 0.290. The van der Waals surface area contributed by atoms with Gasteiger partial charge in [0.2, 0.25) is 5.91 Å². The van der Waals surface area contributed by atoms with Crippen LogP contribution >= 0.6 is 0 Å². The van der Waals surface area contributed by atoms with Gasteiger partial charge in [0.05, 0.1) is 13.2 Å². The first-order valence-electron chi connectivity index (χ1n) is 7.68. The molecule has 0 radical (unpaired) electrons. The van der Waals surface area contributed by atoms with Crippen LogP contribution in [0.1, 0.15) is 17.2 Å².